The fourth-order valence-corrected chi connectivity index (χ4v) is 3.71. The van der Waals surface area contributed by atoms with Crippen molar-refractivity contribution in [1.29, 1.82) is 0 Å². The van der Waals surface area contributed by atoms with Crippen molar-refractivity contribution in [3.05, 3.63) is 34.3 Å². The van der Waals surface area contributed by atoms with E-state index in [1.54, 1.807) is 0 Å². The molecule has 112 valence electrons. The topological polar surface area (TPSA) is 32.3 Å². The molecule has 2 N–H and O–H groups in total. The maximum Gasteiger partial charge on any atom is 0.0588 e. The van der Waals surface area contributed by atoms with Crippen LogP contribution in [0.2, 0.25) is 0 Å². The summed E-state index contributed by atoms with van der Waals surface area (Å²) in [5.74, 6) is 0.988. The van der Waals surface area contributed by atoms with Crippen molar-refractivity contribution in [2.45, 2.75) is 58.2 Å². The molecule has 0 unspecified atom stereocenters. The molecule has 0 heterocycles. The molecule has 3 heteroatoms. The second-order valence-corrected chi connectivity index (χ2v) is 7.61. The van der Waals surface area contributed by atoms with Crippen LogP contribution in [0.3, 0.4) is 0 Å². The number of hydrogen-bond acceptors (Lipinski definition) is 2. The Morgan fingerprint density at radius 1 is 1.30 bits per heavy atom. The molecular weight excluding hydrogens is 314 g/mol. The summed E-state index contributed by atoms with van der Waals surface area (Å²) in [5, 5.41) is 14.0. The third-order valence-electron chi connectivity index (χ3n) is 4.70. The summed E-state index contributed by atoms with van der Waals surface area (Å²) in [6.45, 7) is 7.50. The molecular formula is C17H26BrNO. The molecule has 0 aliphatic heterocycles. The van der Waals surface area contributed by atoms with Crippen LogP contribution in [0.5, 0.6) is 0 Å². The van der Waals surface area contributed by atoms with Gasteiger partial charge in [-0.05, 0) is 44.2 Å². The average molecular weight is 340 g/mol. The number of nitrogens with one attached hydrogen (secondary N) is 1. The Morgan fingerprint density at radius 3 is 2.65 bits per heavy atom. The van der Waals surface area contributed by atoms with E-state index in [4.69, 9.17) is 0 Å². The Bertz CT molecular complexity index is 446. The molecule has 0 radical (unpaired) electrons. The first-order valence-corrected chi connectivity index (χ1v) is 8.36. The van der Waals surface area contributed by atoms with Gasteiger partial charge in [0.1, 0.15) is 0 Å². The highest BCUT2D eigenvalue weighted by Gasteiger charge is 2.37. The largest absolute Gasteiger partial charge is 0.393 e. The van der Waals surface area contributed by atoms with E-state index >= 15 is 0 Å². The predicted molar refractivity (Wildman–Crippen MR) is 87.6 cm³/mol. The van der Waals surface area contributed by atoms with Gasteiger partial charge < -0.3 is 10.4 Å². The molecule has 2 nitrogen and oxygen atoms in total. The second kappa shape index (κ2) is 6.59. The lowest BCUT2D eigenvalue weighted by molar-refractivity contribution is 0.00554. The summed E-state index contributed by atoms with van der Waals surface area (Å²) in [6.07, 6.45) is 3.09. The maximum atomic E-state index is 10.4. The van der Waals surface area contributed by atoms with E-state index in [0.717, 1.165) is 23.9 Å². The van der Waals surface area contributed by atoms with Gasteiger partial charge in [-0.15, -0.1) is 0 Å². The molecule has 1 aliphatic carbocycles. The highest BCUT2D eigenvalue weighted by atomic mass is 79.9. The highest BCUT2D eigenvalue weighted by Crippen LogP contribution is 2.35. The molecule has 20 heavy (non-hydrogen) atoms. The van der Waals surface area contributed by atoms with Crippen molar-refractivity contribution in [2.24, 2.45) is 11.8 Å². The normalized spacial score (nSPS) is 27.6. The first-order valence-electron chi connectivity index (χ1n) is 7.56. The van der Waals surface area contributed by atoms with Gasteiger partial charge >= 0.3 is 0 Å². The van der Waals surface area contributed by atoms with E-state index in [1.807, 2.05) is 6.07 Å². The Morgan fingerprint density at radius 2 is 2.00 bits per heavy atom. The van der Waals surface area contributed by atoms with Crippen LogP contribution in [0.15, 0.2) is 28.7 Å². The van der Waals surface area contributed by atoms with E-state index < -0.39 is 0 Å². The summed E-state index contributed by atoms with van der Waals surface area (Å²) in [5.41, 5.74) is 1.22. The van der Waals surface area contributed by atoms with Crippen molar-refractivity contribution in [2.75, 3.05) is 0 Å². The quantitative estimate of drug-likeness (QED) is 0.864. The van der Waals surface area contributed by atoms with E-state index in [2.05, 4.69) is 60.2 Å². The van der Waals surface area contributed by atoms with Crippen LogP contribution in [-0.2, 0) is 6.54 Å². The van der Waals surface area contributed by atoms with Crippen molar-refractivity contribution >= 4 is 15.9 Å². The summed E-state index contributed by atoms with van der Waals surface area (Å²) >= 11 is 3.59. The maximum absolute atomic E-state index is 10.4. The monoisotopic (exact) mass is 339 g/mol. The fourth-order valence-electron chi connectivity index (χ4n) is 3.29. The minimum atomic E-state index is -0.180. The number of aliphatic hydroxyl groups is 1. The van der Waals surface area contributed by atoms with Gasteiger partial charge in [-0.2, -0.15) is 0 Å². The van der Waals surface area contributed by atoms with Gasteiger partial charge in [-0.25, -0.2) is 0 Å². The lowest BCUT2D eigenvalue weighted by Gasteiger charge is -2.42. The molecule has 2 rings (SSSR count). The van der Waals surface area contributed by atoms with Crippen molar-refractivity contribution < 1.29 is 5.11 Å². The predicted octanol–water partition coefficient (Wildman–Crippen LogP) is 4.11. The molecule has 0 amide bonds. The lowest BCUT2D eigenvalue weighted by atomic mass is 9.72. The minimum absolute atomic E-state index is 0.0468. The van der Waals surface area contributed by atoms with Gasteiger partial charge in [-0.1, -0.05) is 47.5 Å². The van der Waals surface area contributed by atoms with Crippen molar-refractivity contribution in [3.8, 4) is 0 Å². The first kappa shape index (κ1) is 16.0. The van der Waals surface area contributed by atoms with Crippen LogP contribution in [0.4, 0.5) is 0 Å². The zero-order valence-electron chi connectivity index (χ0n) is 12.7. The van der Waals surface area contributed by atoms with E-state index in [1.165, 1.54) is 12.0 Å². The smallest absolute Gasteiger partial charge is 0.0588 e. The molecule has 1 aromatic carbocycles. The highest BCUT2D eigenvalue weighted by molar-refractivity contribution is 9.10. The van der Waals surface area contributed by atoms with Gasteiger partial charge in [0.05, 0.1) is 6.10 Å². The number of hydrogen-bond donors (Lipinski definition) is 2. The van der Waals surface area contributed by atoms with E-state index in [0.29, 0.717) is 11.8 Å². The average Bonchev–Trinajstić information content (AvgIpc) is 2.37. The van der Waals surface area contributed by atoms with Crippen LogP contribution in [0, 0.1) is 11.8 Å². The SMILES string of the molecule is C[C@@H]1CC[C@@H](C(C)(C)NCc2ccccc2Br)[C@H](O)C1. The number of halogens is 1. The van der Waals surface area contributed by atoms with Crippen LogP contribution < -0.4 is 5.32 Å². The number of aliphatic hydroxyl groups excluding tert-OH is 1. The van der Waals surface area contributed by atoms with Crippen molar-refractivity contribution in [1.82, 2.24) is 5.32 Å². The summed E-state index contributed by atoms with van der Waals surface area (Å²) in [7, 11) is 0. The van der Waals surface area contributed by atoms with Crippen LogP contribution >= 0.6 is 15.9 Å². The van der Waals surface area contributed by atoms with Crippen LogP contribution in [0.1, 0.15) is 45.6 Å². The zero-order valence-corrected chi connectivity index (χ0v) is 14.3. The van der Waals surface area contributed by atoms with E-state index in [9.17, 15) is 5.11 Å². The van der Waals surface area contributed by atoms with Gasteiger partial charge in [0.15, 0.2) is 0 Å². The molecule has 1 fully saturated rings. The molecule has 0 aromatic heterocycles. The van der Waals surface area contributed by atoms with Gasteiger partial charge in [0.2, 0.25) is 0 Å². The molecule has 1 aliphatic rings. The second-order valence-electron chi connectivity index (χ2n) is 6.76. The standard InChI is InChI=1S/C17H26BrNO/c1-12-8-9-14(16(20)10-12)17(2,3)19-11-13-6-4-5-7-15(13)18/h4-7,12,14,16,19-20H,8-11H2,1-3H3/t12-,14-,16-/m1/s1. The van der Waals surface area contributed by atoms with E-state index in [-0.39, 0.29) is 11.6 Å². The Hall–Kier alpha value is -0.380. The summed E-state index contributed by atoms with van der Waals surface area (Å²) in [4.78, 5) is 0. The zero-order chi connectivity index (χ0) is 14.8. The summed E-state index contributed by atoms with van der Waals surface area (Å²) < 4.78 is 1.14. The lowest BCUT2D eigenvalue weighted by Crippen LogP contribution is -2.51. The number of rotatable bonds is 4. The minimum Gasteiger partial charge on any atom is -0.393 e. The third-order valence-corrected chi connectivity index (χ3v) is 5.47. The molecule has 1 aromatic rings. The molecule has 0 bridgehead atoms. The third kappa shape index (κ3) is 3.84. The Kier molecular flexibility index (Phi) is 5.27. The Balaban J connectivity index is 1.98. The van der Waals surface area contributed by atoms with Gasteiger partial charge in [0.25, 0.3) is 0 Å². The van der Waals surface area contributed by atoms with Crippen molar-refractivity contribution in [3.63, 3.8) is 0 Å². The number of benzene rings is 1. The Labute approximate surface area is 131 Å². The van der Waals surface area contributed by atoms with Crippen LogP contribution in [-0.4, -0.2) is 16.7 Å². The van der Waals surface area contributed by atoms with Gasteiger partial charge in [-0.3, -0.25) is 0 Å². The van der Waals surface area contributed by atoms with Gasteiger partial charge in [0, 0.05) is 22.5 Å². The molecule has 3 atom stereocenters. The fraction of sp³-hybridized carbons (Fsp3) is 0.647. The molecule has 0 spiro atoms. The first-order chi connectivity index (χ1) is 9.40. The van der Waals surface area contributed by atoms with Crippen LogP contribution in [0.25, 0.3) is 0 Å². The molecule has 0 saturated heterocycles. The summed E-state index contributed by atoms with van der Waals surface area (Å²) in [6, 6.07) is 8.30. The molecule has 1 saturated carbocycles.